The van der Waals surface area contributed by atoms with Gasteiger partial charge in [0.05, 0.1) is 17.8 Å². The molecule has 4 aliphatic rings. The standard InChI is InChI=1S/C23H33N7O/c31-23(28-13-6-18(7-14-28)27-11-1-2-12-27)17-15-29(16-17)22-19-3-8-24-9-4-20(19)26-21-5-10-25-30(21)22/h5,10,17-18,24H,1-4,6-9,11-16H2. The molecule has 0 aliphatic carbocycles. The molecule has 0 spiro atoms. The van der Waals surface area contributed by atoms with E-state index in [1.807, 2.05) is 16.8 Å². The van der Waals surface area contributed by atoms with Gasteiger partial charge in [0.25, 0.3) is 0 Å². The molecule has 8 heteroatoms. The van der Waals surface area contributed by atoms with Gasteiger partial charge in [-0.15, -0.1) is 0 Å². The summed E-state index contributed by atoms with van der Waals surface area (Å²) >= 11 is 0. The molecule has 0 unspecified atom stereocenters. The quantitative estimate of drug-likeness (QED) is 0.793. The van der Waals surface area contributed by atoms with Crippen LogP contribution in [-0.2, 0) is 17.6 Å². The maximum Gasteiger partial charge on any atom is 0.229 e. The molecule has 6 heterocycles. The van der Waals surface area contributed by atoms with Gasteiger partial charge in [-0.2, -0.15) is 9.61 Å². The third-order valence-corrected chi connectivity index (χ3v) is 7.75. The minimum atomic E-state index is 0.113. The molecule has 6 rings (SSSR count). The number of carbonyl (C=O) groups excluding carboxylic acids is 1. The zero-order valence-corrected chi connectivity index (χ0v) is 18.3. The maximum atomic E-state index is 13.2. The number of hydrogen-bond acceptors (Lipinski definition) is 6. The lowest BCUT2D eigenvalue weighted by atomic mass is 9.94. The Morgan fingerprint density at radius 1 is 1.03 bits per heavy atom. The van der Waals surface area contributed by atoms with Gasteiger partial charge in [0.2, 0.25) is 5.91 Å². The van der Waals surface area contributed by atoms with Gasteiger partial charge in [0.1, 0.15) is 5.82 Å². The first-order valence-corrected chi connectivity index (χ1v) is 12.1. The van der Waals surface area contributed by atoms with Crippen LogP contribution in [0.2, 0.25) is 0 Å². The number of likely N-dealkylation sites (tertiary alicyclic amines) is 2. The van der Waals surface area contributed by atoms with Crippen molar-refractivity contribution < 1.29 is 4.79 Å². The van der Waals surface area contributed by atoms with Crippen LogP contribution in [0, 0.1) is 5.92 Å². The predicted octanol–water partition coefficient (Wildman–Crippen LogP) is 0.941. The van der Waals surface area contributed by atoms with E-state index in [9.17, 15) is 4.79 Å². The summed E-state index contributed by atoms with van der Waals surface area (Å²) in [7, 11) is 0. The Labute approximate surface area is 183 Å². The van der Waals surface area contributed by atoms with Crippen LogP contribution in [0.25, 0.3) is 5.65 Å². The van der Waals surface area contributed by atoms with Crippen LogP contribution in [0.5, 0.6) is 0 Å². The first-order valence-electron chi connectivity index (χ1n) is 12.1. The topological polar surface area (TPSA) is 69.0 Å². The molecule has 3 saturated heterocycles. The summed E-state index contributed by atoms with van der Waals surface area (Å²) in [6.07, 6.45) is 8.71. The number of nitrogens with zero attached hydrogens (tertiary/aromatic N) is 6. The number of amides is 1. The fourth-order valence-corrected chi connectivity index (χ4v) is 5.96. The monoisotopic (exact) mass is 423 g/mol. The second-order valence-electron chi connectivity index (χ2n) is 9.61. The van der Waals surface area contributed by atoms with Crippen LogP contribution in [-0.4, -0.2) is 88.7 Å². The third kappa shape index (κ3) is 3.49. The number of anilines is 1. The lowest BCUT2D eigenvalue weighted by Crippen LogP contribution is -2.57. The van der Waals surface area contributed by atoms with Crippen molar-refractivity contribution in [3.63, 3.8) is 0 Å². The molecule has 0 aromatic carbocycles. The zero-order chi connectivity index (χ0) is 20.8. The summed E-state index contributed by atoms with van der Waals surface area (Å²) in [5.74, 6) is 1.63. The van der Waals surface area contributed by atoms with Gasteiger partial charge in [0.15, 0.2) is 5.65 Å². The average Bonchev–Trinajstić information content (AvgIpc) is 3.40. The predicted molar refractivity (Wildman–Crippen MR) is 119 cm³/mol. The highest BCUT2D eigenvalue weighted by molar-refractivity contribution is 5.82. The Kier molecular flexibility index (Phi) is 5.07. The van der Waals surface area contributed by atoms with Crippen molar-refractivity contribution in [1.29, 1.82) is 0 Å². The van der Waals surface area contributed by atoms with Crippen LogP contribution < -0.4 is 10.2 Å². The van der Waals surface area contributed by atoms with E-state index >= 15 is 0 Å². The number of fused-ring (bicyclic) bond motifs is 2. The fourth-order valence-electron chi connectivity index (χ4n) is 5.96. The maximum absolute atomic E-state index is 13.2. The molecule has 0 saturated carbocycles. The molecule has 4 aliphatic heterocycles. The molecule has 0 bridgehead atoms. The summed E-state index contributed by atoms with van der Waals surface area (Å²) < 4.78 is 1.98. The summed E-state index contributed by atoms with van der Waals surface area (Å²) in [6.45, 7) is 7.89. The molecule has 8 nitrogen and oxygen atoms in total. The molecule has 2 aromatic heterocycles. The van der Waals surface area contributed by atoms with Crippen molar-refractivity contribution in [3.8, 4) is 0 Å². The first-order chi connectivity index (χ1) is 15.3. The van der Waals surface area contributed by atoms with E-state index in [4.69, 9.17) is 4.98 Å². The molecule has 0 radical (unpaired) electrons. The minimum Gasteiger partial charge on any atom is -0.354 e. The lowest BCUT2D eigenvalue weighted by Gasteiger charge is -2.44. The Morgan fingerprint density at radius 2 is 1.81 bits per heavy atom. The molecule has 0 atom stereocenters. The van der Waals surface area contributed by atoms with Gasteiger partial charge in [-0.25, -0.2) is 4.98 Å². The van der Waals surface area contributed by atoms with Crippen molar-refractivity contribution >= 4 is 17.4 Å². The van der Waals surface area contributed by atoms with E-state index in [0.29, 0.717) is 11.9 Å². The first kappa shape index (κ1) is 19.5. The van der Waals surface area contributed by atoms with Crippen molar-refractivity contribution in [2.45, 2.75) is 44.6 Å². The second kappa shape index (κ2) is 8.06. The largest absolute Gasteiger partial charge is 0.354 e. The van der Waals surface area contributed by atoms with E-state index in [0.717, 1.165) is 76.4 Å². The van der Waals surface area contributed by atoms with Crippen LogP contribution >= 0.6 is 0 Å². The number of aromatic nitrogens is 3. The van der Waals surface area contributed by atoms with Gasteiger partial charge in [-0.05, 0) is 51.7 Å². The summed E-state index contributed by atoms with van der Waals surface area (Å²) in [6, 6.07) is 2.67. The zero-order valence-electron chi connectivity index (χ0n) is 18.3. The average molecular weight is 424 g/mol. The Hall–Kier alpha value is -2.19. The molecule has 166 valence electrons. The number of carbonyl (C=O) groups is 1. The number of piperidine rings is 1. The Bertz CT molecular complexity index is 952. The Morgan fingerprint density at radius 3 is 2.61 bits per heavy atom. The molecule has 2 aromatic rings. The normalized spacial score (nSPS) is 23.7. The highest BCUT2D eigenvalue weighted by atomic mass is 16.2. The van der Waals surface area contributed by atoms with Gasteiger partial charge in [-0.3, -0.25) is 4.79 Å². The van der Waals surface area contributed by atoms with E-state index in [1.54, 1.807) is 0 Å². The fraction of sp³-hybridized carbons (Fsp3) is 0.696. The molecule has 31 heavy (non-hydrogen) atoms. The van der Waals surface area contributed by atoms with Crippen molar-refractivity contribution in [2.75, 3.05) is 57.3 Å². The van der Waals surface area contributed by atoms with Crippen LogP contribution in [0.4, 0.5) is 5.82 Å². The lowest BCUT2D eigenvalue weighted by molar-refractivity contribution is -0.137. The highest BCUT2D eigenvalue weighted by Crippen LogP contribution is 2.32. The van der Waals surface area contributed by atoms with Crippen molar-refractivity contribution in [3.05, 3.63) is 23.5 Å². The molecule has 1 N–H and O–H groups in total. The van der Waals surface area contributed by atoms with Crippen molar-refractivity contribution in [2.24, 2.45) is 5.92 Å². The second-order valence-corrected chi connectivity index (χ2v) is 9.61. The third-order valence-electron chi connectivity index (χ3n) is 7.75. The molecular formula is C23H33N7O. The van der Waals surface area contributed by atoms with Crippen LogP contribution in [0.3, 0.4) is 0 Å². The van der Waals surface area contributed by atoms with Gasteiger partial charge < -0.3 is 20.0 Å². The summed E-state index contributed by atoms with van der Waals surface area (Å²) in [5.41, 5.74) is 3.40. The summed E-state index contributed by atoms with van der Waals surface area (Å²) in [5, 5.41) is 8.04. The van der Waals surface area contributed by atoms with E-state index in [1.165, 1.54) is 37.2 Å². The molecule has 1 amide bonds. The van der Waals surface area contributed by atoms with Crippen molar-refractivity contribution in [1.82, 2.24) is 29.7 Å². The van der Waals surface area contributed by atoms with Crippen LogP contribution in [0.15, 0.2) is 12.3 Å². The van der Waals surface area contributed by atoms with Gasteiger partial charge >= 0.3 is 0 Å². The van der Waals surface area contributed by atoms with Gasteiger partial charge in [0, 0.05) is 56.8 Å². The summed E-state index contributed by atoms with van der Waals surface area (Å²) in [4.78, 5) is 25.2. The molecule has 3 fully saturated rings. The number of hydrogen-bond donors (Lipinski definition) is 1. The highest BCUT2D eigenvalue weighted by Gasteiger charge is 2.39. The van der Waals surface area contributed by atoms with Crippen LogP contribution in [0.1, 0.15) is 36.9 Å². The SMILES string of the molecule is O=C(C1CN(c2c3c(nc4ccnn24)CCNCC3)C1)N1CCC(N2CCCC2)CC1. The number of rotatable bonds is 3. The van der Waals surface area contributed by atoms with E-state index < -0.39 is 0 Å². The Balaban J connectivity index is 1.13. The van der Waals surface area contributed by atoms with E-state index in [-0.39, 0.29) is 5.92 Å². The molecular weight excluding hydrogens is 390 g/mol. The number of nitrogens with one attached hydrogen (secondary N) is 1. The minimum absolute atomic E-state index is 0.113. The van der Waals surface area contributed by atoms with Gasteiger partial charge in [-0.1, -0.05) is 0 Å². The smallest absolute Gasteiger partial charge is 0.229 e. The van der Waals surface area contributed by atoms with E-state index in [2.05, 4.69) is 25.1 Å².